The number of pyridine rings is 1. The molecule has 0 unspecified atom stereocenters. The molecule has 0 spiro atoms. The molecule has 136 valence electrons. The molecule has 6 nitrogen and oxygen atoms in total. The zero-order chi connectivity index (χ0) is 15.9. The summed E-state index contributed by atoms with van der Waals surface area (Å²) in [6.07, 6.45) is 5.78. The van der Waals surface area contributed by atoms with Crippen molar-refractivity contribution in [1.82, 2.24) is 15.2 Å². The summed E-state index contributed by atoms with van der Waals surface area (Å²) in [5.74, 6) is -0.193. The average molecular weight is 377 g/mol. The van der Waals surface area contributed by atoms with Gasteiger partial charge >= 0.3 is 0 Å². The van der Waals surface area contributed by atoms with Crippen molar-refractivity contribution in [2.75, 3.05) is 19.6 Å². The highest BCUT2D eigenvalue weighted by Gasteiger charge is 2.27. The predicted molar refractivity (Wildman–Crippen MR) is 98.4 cm³/mol. The fourth-order valence-corrected chi connectivity index (χ4v) is 2.71. The van der Waals surface area contributed by atoms with Crippen LogP contribution in [0.1, 0.15) is 25.3 Å². The number of hydrogen-bond donors (Lipinski definition) is 2. The van der Waals surface area contributed by atoms with E-state index in [-0.39, 0.29) is 48.6 Å². The number of rotatable bonds is 4. The first-order valence-electron chi connectivity index (χ1n) is 7.74. The lowest BCUT2D eigenvalue weighted by Gasteiger charge is -2.23. The molecule has 1 aromatic rings. The molecule has 0 saturated carbocycles. The van der Waals surface area contributed by atoms with Crippen molar-refractivity contribution >= 4 is 36.6 Å². The van der Waals surface area contributed by atoms with E-state index in [1.165, 1.54) is 6.92 Å². The number of aromatic nitrogens is 1. The molecule has 2 amide bonds. The number of carbonyl (C=O) groups is 2. The summed E-state index contributed by atoms with van der Waals surface area (Å²) in [5.41, 5.74) is 7.06. The van der Waals surface area contributed by atoms with Crippen LogP contribution in [-0.2, 0) is 16.0 Å². The summed E-state index contributed by atoms with van der Waals surface area (Å²) < 4.78 is 0. The van der Waals surface area contributed by atoms with E-state index in [1.807, 2.05) is 12.1 Å². The number of nitrogens with two attached hydrogens (primary N) is 1. The van der Waals surface area contributed by atoms with E-state index in [2.05, 4.69) is 10.3 Å². The lowest BCUT2D eigenvalue weighted by atomic mass is 10.0. The van der Waals surface area contributed by atoms with Gasteiger partial charge in [-0.1, -0.05) is 6.07 Å². The quantitative estimate of drug-likeness (QED) is 0.825. The topological polar surface area (TPSA) is 88.3 Å². The number of nitrogens with one attached hydrogen (secondary N) is 1. The van der Waals surface area contributed by atoms with Crippen molar-refractivity contribution < 1.29 is 9.59 Å². The van der Waals surface area contributed by atoms with Crippen LogP contribution in [0.3, 0.4) is 0 Å². The van der Waals surface area contributed by atoms with Crippen molar-refractivity contribution in [3.8, 4) is 0 Å². The van der Waals surface area contributed by atoms with Crippen LogP contribution in [0.4, 0.5) is 0 Å². The van der Waals surface area contributed by atoms with Crippen molar-refractivity contribution in [2.45, 2.75) is 32.2 Å². The van der Waals surface area contributed by atoms with Crippen molar-refractivity contribution in [3.63, 3.8) is 0 Å². The standard InChI is InChI=1S/C16H24N4O2.2ClH/c1-12(21)20-10-14(4-5-15(17)11-20)16(22)19-8-6-13-3-2-7-18-9-13;;/h2-3,7,9,14-15H,4-6,8,10-11,17H2,1H3,(H,19,22);2*1H/t14-,15+;;/m1../s1. The molecule has 3 N–H and O–H groups in total. The van der Waals surface area contributed by atoms with Gasteiger partial charge in [-0.3, -0.25) is 14.6 Å². The SMILES string of the molecule is CC(=O)N1C[C@@H](N)CC[C@@H](C(=O)NCCc2cccnc2)C1.Cl.Cl. The van der Waals surface area contributed by atoms with E-state index in [9.17, 15) is 9.59 Å². The number of nitrogens with zero attached hydrogens (tertiary/aromatic N) is 2. The maximum atomic E-state index is 12.3. The van der Waals surface area contributed by atoms with E-state index in [0.29, 0.717) is 19.6 Å². The highest BCUT2D eigenvalue weighted by atomic mass is 35.5. The Morgan fingerprint density at radius 3 is 2.71 bits per heavy atom. The maximum Gasteiger partial charge on any atom is 0.224 e. The second-order valence-corrected chi connectivity index (χ2v) is 5.86. The van der Waals surface area contributed by atoms with Gasteiger partial charge in [0.05, 0.1) is 5.92 Å². The molecule has 8 heteroatoms. The lowest BCUT2D eigenvalue weighted by Crippen LogP contribution is -2.42. The second-order valence-electron chi connectivity index (χ2n) is 5.86. The molecule has 2 heterocycles. The Bertz CT molecular complexity index is 516. The zero-order valence-electron chi connectivity index (χ0n) is 13.8. The molecule has 1 saturated heterocycles. The highest BCUT2D eigenvalue weighted by molar-refractivity contribution is 5.85. The van der Waals surface area contributed by atoms with Crippen LogP contribution in [0.25, 0.3) is 0 Å². The molecular weight excluding hydrogens is 351 g/mol. The summed E-state index contributed by atoms with van der Waals surface area (Å²) in [6, 6.07) is 3.83. The van der Waals surface area contributed by atoms with E-state index in [4.69, 9.17) is 5.73 Å². The summed E-state index contributed by atoms with van der Waals surface area (Å²) in [4.78, 5) is 29.6. The molecule has 1 aliphatic heterocycles. The van der Waals surface area contributed by atoms with Gasteiger partial charge in [-0.25, -0.2) is 0 Å². The number of hydrogen-bond acceptors (Lipinski definition) is 4. The third kappa shape index (κ3) is 7.03. The Labute approximate surface area is 155 Å². The van der Waals surface area contributed by atoms with Gasteiger partial charge in [0.2, 0.25) is 11.8 Å². The van der Waals surface area contributed by atoms with Crippen LogP contribution in [0.5, 0.6) is 0 Å². The molecular formula is C16H26Cl2N4O2. The Hall–Kier alpha value is -1.37. The van der Waals surface area contributed by atoms with Gasteiger partial charge in [0.15, 0.2) is 0 Å². The third-order valence-corrected chi connectivity index (χ3v) is 4.03. The molecule has 2 atom stereocenters. The van der Waals surface area contributed by atoms with E-state index < -0.39 is 0 Å². The maximum absolute atomic E-state index is 12.3. The monoisotopic (exact) mass is 376 g/mol. The van der Waals surface area contributed by atoms with Crippen LogP contribution in [-0.4, -0.2) is 47.4 Å². The average Bonchev–Trinajstić information content (AvgIpc) is 2.70. The van der Waals surface area contributed by atoms with E-state index in [0.717, 1.165) is 24.8 Å². The number of likely N-dealkylation sites (tertiary alicyclic amines) is 1. The molecule has 0 aromatic carbocycles. The van der Waals surface area contributed by atoms with Gasteiger partial charge in [-0.05, 0) is 30.9 Å². The molecule has 1 fully saturated rings. The zero-order valence-corrected chi connectivity index (χ0v) is 15.4. The number of carbonyl (C=O) groups excluding carboxylic acids is 2. The normalized spacial score (nSPS) is 20.2. The van der Waals surface area contributed by atoms with Crippen LogP contribution in [0, 0.1) is 5.92 Å². The summed E-state index contributed by atoms with van der Waals surface area (Å²) in [6.45, 7) is 3.10. The number of amides is 2. The molecule has 0 bridgehead atoms. The molecule has 1 aliphatic rings. The molecule has 24 heavy (non-hydrogen) atoms. The van der Waals surface area contributed by atoms with Crippen LogP contribution in [0.15, 0.2) is 24.5 Å². The Morgan fingerprint density at radius 1 is 1.33 bits per heavy atom. The minimum atomic E-state index is -0.175. The molecule has 1 aromatic heterocycles. The van der Waals surface area contributed by atoms with Crippen LogP contribution < -0.4 is 11.1 Å². The van der Waals surface area contributed by atoms with Gasteiger partial charge in [0.25, 0.3) is 0 Å². The second kappa shape index (κ2) is 11.2. The summed E-state index contributed by atoms with van der Waals surface area (Å²) in [7, 11) is 0. The Kier molecular flexibility index (Phi) is 10.6. The Morgan fingerprint density at radius 2 is 2.08 bits per heavy atom. The lowest BCUT2D eigenvalue weighted by molar-refractivity contribution is -0.131. The number of halogens is 2. The van der Waals surface area contributed by atoms with Gasteiger partial charge in [0.1, 0.15) is 0 Å². The molecule has 0 radical (unpaired) electrons. The first-order chi connectivity index (χ1) is 10.6. The smallest absolute Gasteiger partial charge is 0.224 e. The third-order valence-electron chi connectivity index (χ3n) is 4.03. The van der Waals surface area contributed by atoms with Gasteiger partial charge in [0, 0.05) is 45.0 Å². The van der Waals surface area contributed by atoms with E-state index in [1.54, 1.807) is 17.3 Å². The summed E-state index contributed by atoms with van der Waals surface area (Å²) in [5, 5.41) is 2.96. The van der Waals surface area contributed by atoms with Crippen molar-refractivity contribution in [3.05, 3.63) is 30.1 Å². The minimum absolute atomic E-state index is 0. The van der Waals surface area contributed by atoms with Gasteiger partial charge in [-0.15, -0.1) is 24.8 Å². The molecule has 2 rings (SSSR count). The summed E-state index contributed by atoms with van der Waals surface area (Å²) >= 11 is 0. The van der Waals surface area contributed by atoms with Gasteiger partial charge < -0.3 is 16.0 Å². The molecule has 0 aliphatic carbocycles. The highest BCUT2D eigenvalue weighted by Crippen LogP contribution is 2.16. The van der Waals surface area contributed by atoms with E-state index >= 15 is 0 Å². The minimum Gasteiger partial charge on any atom is -0.355 e. The first-order valence-corrected chi connectivity index (χ1v) is 7.74. The fraction of sp³-hybridized carbons (Fsp3) is 0.562. The predicted octanol–water partition coefficient (Wildman–Crippen LogP) is 1.17. The largest absolute Gasteiger partial charge is 0.355 e. The first kappa shape index (κ1) is 22.6. The van der Waals surface area contributed by atoms with Crippen LogP contribution in [0.2, 0.25) is 0 Å². The fourth-order valence-electron chi connectivity index (χ4n) is 2.71. The van der Waals surface area contributed by atoms with Crippen LogP contribution >= 0.6 is 24.8 Å². The van der Waals surface area contributed by atoms with Crippen molar-refractivity contribution in [2.24, 2.45) is 11.7 Å². The van der Waals surface area contributed by atoms with Gasteiger partial charge in [-0.2, -0.15) is 0 Å². The Balaban J connectivity index is 0.00000264. The van der Waals surface area contributed by atoms with Crippen molar-refractivity contribution in [1.29, 1.82) is 0 Å².